The Hall–Kier alpha value is -0.620. The zero-order chi connectivity index (χ0) is 15.4. The molecule has 0 aliphatic carbocycles. The summed E-state index contributed by atoms with van der Waals surface area (Å²) in [5.74, 6) is 0. The van der Waals surface area contributed by atoms with Crippen LogP contribution >= 0.6 is 23.2 Å². The molecular formula is C14H22Cl2N4O. The first-order valence-corrected chi connectivity index (χ1v) is 8.12. The molecule has 1 saturated heterocycles. The normalized spacial score (nSPS) is 17.6. The lowest BCUT2D eigenvalue weighted by molar-refractivity contribution is 0.106. The summed E-state index contributed by atoms with van der Waals surface area (Å²) in [6.45, 7) is 10.4. The number of aromatic nitrogens is 2. The molecule has 0 spiro atoms. The van der Waals surface area contributed by atoms with Crippen LogP contribution in [0.1, 0.15) is 20.3 Å². The first-order valence-electron chi connectivity index (χ1n) is 7.36. The predicted molar refractivity (Wildman–Crippen MR) is 86.3 cm³/mol. The van der Waals surface area contributed by atoms with Gasteiger partial charge in [-0.2, -0.15) is 5.10 Å². The minimum absolute atomic E-state index is 0.0530. The Bertz CT molecular complexity index is 524. The van der Waals surface area contributed by atoms with Gasteiger partial charge >= 0.3 is 0 Å². The van der Waals surface area contributed by atoms with E-state index >= 15 is 0 Å². The van der Waals surface area contributed by atoms with Crippen molar-refractivity contribution >= 4 is 23.2 Å². The average Bonchev–Trinajstić information content (AvgIpc) is 2.48. The largest absolute Gasteiger partial charge is 0.301 e. The molecule has 5 nitrogen and oxygen atoms in total. The Labute approximate surface area is 135 Å². The van der Waals surface area contributed by atoms with Crippen molar-refractivity contribution in [3.63, 3.8) is 0 Å². The summed E-state index contributed by atoms with van der Waals surface area (Å²) in [5.41, 5.74) is -0.311. The van der Waals surface area contributed by atoms with E-state index in [9.17, 15) is 4.79 Å². The van der Waals surface area contributed by atoms with Gasteiger partial charge in [0, 0.05) is 45.3 Å². The van der Waals surface area contributed by atoms with Gasteiger partial charge in [0.15, 0.2) is 0 Å². The molecule has 0 unspecified atom stereocenters. The van der Waals surface area contributed by atoms with Crippen LogP contribution in [0.15, 0.2) is 11.0 Å². The molecule has 0 aromatic carbocycles. The molecule has 1 aliphatic heterocycles. The minimum atomic E-state index is -0.311. The molecule has 1 aromatic heterocycles. The maximum atomic E-state index is 11.9. The third-order valence-corrected chi connectivity index (χ3v) is 4.67. The van der Waals surface area contributed by atoms with E-state index in [4.69, 9.17) is 23.2 Å². The van der Waals surface area contributed by atoms with Gasteiger partial charge in [-0.3, -0.25) is 9.69 Å². The molecule has 0 N–H and O–H groups in total. The third-order valence-electron chi connectivity index (χ3n) is 3.92. The van der Waals surface area contributed by atoms with Crippen LogP contribution in [0.3, 0.4) is 0 Å². The van der Waals surface area contributed by atoms with E-state index in [1.807, 2.05) is 0 Å². The minimum Gasteiger partial charge on any atom is -0.301 e. The van der Waals surface area contributed by atoms with Crippen LogP contribution < -0.4 is 5.56 Å². The molecule has 1 aromatic rings. The topological polar surface area (TPSA) is 41.4 Å². The second-order valence-corrected chi connectivity index (χ2v) is 6.44. The third kappa shape index (κ3) is 4.42. The van der Waals surface area contributed by atoms with Crippen LogP contribution in [-0.4, -0.2) is 58.3 Å². The van der Waals surface area contributed by atoms with E-state index in [1.165, 1.54) is 10.9 Å². The molecule has 2 heterocycles. The SMILES string of the molecule is CC(C)N1CCN(CCCn2ncc(Cl)c(Cl)c2=O)CC1. The van der Waals surface area contributed by atoms with Crippen LogP contribution in [0.4, 0.5) is 0 Å². The van der Waals surface area contributed by atoms with Crippen LogP contribution in [0.25, 0.3) is 0 Å². The highest BCUT2D eigenvalue weighted by molar-refractivity contribution is 6.41. The van der Waals surface area contributed by atoms with Gasteiger partial charge in [-0.25, -0.2) is 4.68 Å². The summed E-state index contributed by atoms with van der Waals surface area (Å²) in [5, 5.41) is 4.28. The predicted octanol–water partition coefficient (Wildman–Crippen LogP) is 1.97. The van der Waals surface area contributed by atoms with Crippen molar-refractivity contribution in [1.82, 2.24) is 19.6 Å². The Kier molecular flexibility index (Phi) is 6.05. The number of aryl methyl sites for hydroxylation is 1. The molecule has 2 rings (SSSR count). The number of halogens is 2. The van der Waals surface area contributed by atoms with Gasteiger partial charge in [0.05, 0.1) is 11.2 Å². The lowest BCUT2D eigenvalue weighted by atomic mass is 10.2. The smallest absolute Gasteiger partial charge is 0.287 e. The first-order chi connectivity index (χ1) is 9.99. The standard InChI is InChI=1S/C14H22Cl2N4O/c1-11(2)19-8-6-18(7-9-19)4-3-5-20-14(21)13(16)12(15)10-17-20/h10-11H,3-9H2,1-2H3. The fourth-order valence-corrected chi connectivity index (χ4v) is 2.82. The molecule has 118 valence electrons. The quantitative estimate of drug-likeness (QED) is 0.826. The lowest BCUT2D eigenvalue weighted by Crippen LogP contribution is -2.49. The summed E-state index contributed by atoms with van der Waals surface area (Å²) in [4.78, 5) is 16.8. The van der Waals surface area contributed by atoms with Gasteiger partial charge in [0.1, 0.15) is 5.02 Å². The number of hydrogen-bond acceptors (Lipinski definition) is 4. The van der Waals surface area contributed by atoms with Gasteiger partial charge < -0.3 is 4.90 Å². The number of hydrogen-bond donors (Lipinski definition) is 0. The van der Waals surface area contributed by atoms with Crippen molar-refractivity contribution in [3.8, 4) is 0 Å². The Balaban J connectivity index is 1.78. The first kappa shape index (κ1) is 16.7. The molecule has 1 aliphatic rings. The highest BCUT2D eigenvalue weighted by Gasteiger charge is 2.18. The van der Waals surface area contributed by atoms with Crippen LogP contribution in [0.5, 0.6) is 0 Å². The van der Waals surface area contributed by atoms with Gasteiger partial charge in [0.25, 0.3) is 5.56 Å². The molecule has 0 bridgehead atoms. The Morgan fingerprint density at radius 3 is 2.48 bits per heavy atom. The van der Waals surface area contributed by atoms with E-state index in [2.05, 4.69) is 28.7 Å². The monoisotopic (exact) mass is 332 g/mol. The highest BCUT2D eigenvalue weighted by atomic mass is 35.5. The van der Waals surface area contributed by atoms with Crippen molar-refractivity contribution in [2.75, 3.05) is 32.7 Å². The molecule has 1 fully saturated rings. The van der Waals surface area contributed by atoms with E-state index < -0.39 is 0 Å². The molecule has 7 heteroatoms. The number of rotatable bonds is 5. The van der Waals surface area contributed by atoms with Crippen molar-refractivity contribution in [2.45, 2.75) is 32.9 Å². The van der Waals surface area contributed by atoms with Gasteiger partial charge in [-0.05, 0) is 20.3 Å². The zero-order valence-corrected chi connectivity index (χ0v) is 14.1. The fraction of sp³-hybridized carbons (Fsp3) is 0.714. The lowest BCUT2D eigenvalue weighted by Gasteiger charge is -2.36. The van der Waals surface area contributed by atoms with Gasteiger partial charge in [-0.1, -0.05) is 23.2 Å². The average molecular weight is 333 g/mol. The molecule has 0 atom stereocenters. The second-order valence-electron chi connectivity index (χ2n) is 5.66. The fourth-order valence-electron chi connectivity index (χ4n) is 2.55. The molecular weight excluding hydrogens is 311 g/mol. The summed E-state index contributed by atoms with van der Waals surface area (Å²) in [6.07, 6.45) is 2.30. The van der Waals surface area contributed by atoms with Crippen molar-refractivity contribution in [3.05, 3.63) is 26.6 Å². The Morgan fingerprint density at radius 1 is 1.19 bits per heavy atom. The van der Waals surface area contributed by atoms with Gasteiger partial charge in [0.2, 0.25) is 0 Å². The van der Waals surface area contributed by atoms with E-state index in [-0.39, 0.29) is 15.6 Å². The maximum absolute atomic E-state index is 11.9. The van der Waals surface area contributed by atoms with Crippen LogP contribution in [-0.2, 0) is 6.54 Å². The summed E-state index contributed by atoms with van der Waals surface area (Å²) < 4.78 is 1.39. The molecule has 21 heavy (non-hydrogen) atoms. The molecule has 0 radical (unpaired) electrons. The zero-order valence-electron chi connectivity index (χ0n) is 12.6. The molecule has 0 amide bonds. The highest BCUT2D eigenvalue weighted by Crippen LogP contribution is 2.14. The van der Waals surface area contributed by atoms with Crippen molar-refractivity contribution < 1.29 is 0 Å². The van der Waals surface area contributed by atoms with Crippen molar-refractivity contribution in [2.24, 2.45) is 0 Å². The maximum Gasteiger partial charge on any atom is 0.287 e. The number of piperazine rings is 1. The summed E-state index contributed by atoms with van der Waals surface area (Å²) in [6, 6.07) is 0.617. The summed E-state index contributed by atoms with van der Waals surface area (Å²) in [7, 11) is 0. The Morgan fingerprint density at radius 2 is 1.86 bits per heavy atom. The van der Waals surface area contributed by atoms with Gasteiger partial charge in [-0.15, -0.1) is 0 Å². The summed E-state index contributed by atoms with van der Waals surface area (Å²) >= 11 is 11.6. The molecule has 0 saturated carbocycles. The van der Waals surface area contributed by atoms with E-state index in [1.54, 1.807) is 0 Å². The number of nitrogens with zero attached hydrogens (tertiary/aromatic N) is 4. The van der Waals surface area contributed by atoms with E-state index in [0.717, 1.165) is 39.1 Å². The second kappa shape index (κ2) is 7.58. The van der Waals surface area contributed by atoms with E-state index in [0.29, 0.717) is 12.6 Å². The van der Waals surface area contributed by atoms with Crippen LogP contribution in [0.2, 0.25) is 10.0 Å². The van der Waals surface area contributed by atoms with Crippen LogP contribution in [0, 0.1) is 0 Å². The van der Waals surface area contributed by atoms with Crippen molar-refractivity contribution in [1.29, 1.82) is 0 Å².